The van der Waals surface area contributed by atoms with Crippen LogP contribution in [0.5, 0.6) is 0 Å². The molecule has 0 aliphatic carbocycles. The first kappa shape index (κ1) is 15.9. The first-order chi connectivity index (χ1) is 8.61. The van der Waals surface area contributed by atoms with E-state index in [0.717, 1.165) is 6.07 Å². The highest BCUT2D eigenvalue weighted by Crippen LogP contribution is 2.40. The zero-order chi connectivity index (χ0) is 14.8. The molecule has 108 valence electrons. The summed E-state index contributed by atoms with van der Waals surface area (Å²) in [4.78, 5) is 0. The number of hydrogen-bond acceptors (Lipinski definition) is 0. The second-order valence-corrected chi connectivity index (χ2v) is 4.31. The van der Waals surface area contributed by atoms with E-state index >= 15 is 0 Å². The second-order valence-electron chi connectivity index (χ2n) is 4.31. The first-order valence-corrected chi connectivity index (χ1v) is 5.89. The molecule has 0 amide bonds. The summed E-state index contributed by atoms with van der Waals surface area (Å²) < 4.78 is 76.1. The van der Waals surface area contributed by atoms with E-state index < -0.39 is 23.5 Å². The molecule has 0 bridgehead atoms. The Morgan fingerprint density at radius 3 is 1.79 bits per heavy atom. The van der Waals surface area contributed by atoms with Crippen LogP contribution in [-0.4, -0.2) is 0 Å². The Labute approximate surface area is 107 Å². The normalized spacial score (nSPS) is 13.1. The standard InChI is InChI=1S/C13H14F6/c1-3-8(4-2)10-6-5-9(12(14,15)16)7-11(10)13(17,18)19/h5-8H,3-4H2,1-2H3. The molecule has 0 unspecified atom stereocenters. The SMILES string of the molecule is CCC(CC)c1ccc(C(F)(F)F)cc1C(F)(F)F. The molecule has 0 radical (unpaired) electrons. The molecule has 0 nitrogen and oxygen atoms in total. The molecule has 6 heteroatoms. The third-order valence-electron chi connectivity index (χ3n) is 3.11. The van der Waals surface area contributed by atoms with Gasteiger partial charge in [-0.1, -0.05) is 19.9 Å². The van der Waals surface area contributed by atoms with E-state index in [1.54, 1.807) is 13.8 Å². The van der Waals surface area contributed by atoms with E-state index in [2.05, 4.69) is 0 Å². The van der Waals surface area contributed by atoms with Gasteiger partial charge in [-0.15, -0.1) is 0 Å². The van der Waals surface area contributed by atoms with Crippen molar-refractivity contribution in [1.82, 2.24) is 0 Å². The minimum Gasteiger partial charge on any atom is -0.166 e. The van der Waals surface area contributed by atoms with Crippen molar-refractivity contribution >= 4 is 0 Å². The fourth-order valence-corrected chi connectivity index (χ4v) is 2.06. The smallest absolute Gasteiger partial charge is 0.166 e. The van der Waals surface area contributed by atoms with Crippen molar-refractivity contribution in [1.29, 1.82) is 0 Å². The Bertz CT molecular complexity index is 426. The molecule has 0 N–H and O–H groups in total. The van der Waals surface area contributed by atoms with Crippen LogP contribution in [0.3, 0.4) is 0 Å². The molecular formula is C13H14F6. The maximum absolute atomic E-state index is 12.9. The average molecular weight is 284 g/mol. The van der Waals surface area contributed by atoms with Crippen molar-refractivity contribution in [3.8, 4) is 0 Å². The van der Waals surface area contributed by atoms with Gasteiger partial charge in [0.2, 0.25) is 0 Å². The van der Waals surface area contributed by atoms with Crippen LogP contribution in [0.15, 0.2) is 18.2 Å². The van der Waals surface area contributed by atoms with Gasteiger partial charge < -0.3 is 0 Å². The Morgan fingerprint density at radius 1 is 0.895 bits per heavy atom. The summed E-state index contributed by atoms with van der Waals surface area (Å²) in [6.07, 6.45) is -8.65. The lowest BCUT2D eigenvalue weighted by molar-refractivity contribution is -0.143. The van der Waals surface area contributed by atoms with Gasteiger partial charge in [-0.25, -0.2) is 0 Å². The molecular weight excluding hydrogens is 270 g/mol. The number of halogens is 6. The van der Waals surface area contributed by atoms with E-state index in [4.69, 9.17) is 0 Å². The molecule has 0 spiro atoms. The topological polar surface area (TPSA) is 0 Å². The van der Waals surface area contributed by atoms with Crippen LogP contribution in [0.25, 0.3) is 0 Å². The van der Waals surface area contributed by atoms with Crippen molar-refractivity contribution in [2.75, 3.05) is 0 Å². The van der Waals surface area contributed by atoms with Crippen LogP contribution in [0.2, 0.25) is 0 Å². The van der Waals surface area contributed by atoms with E-state index in [9.17, 15) is 26.3 Å². The molecule has 0 saturated heterocycles. The molecule has 0 atom stereocenters. The van der Waals surface area contributed by atoms with Crippen molar-refractivity contribution in [2.24, 2.45) is 0 Å². The predicted molar refractivity (Wildman–Crippen MR) is 59.8 cm³/mol. The minimum atomic E-state index is -4.78. The van der Waals surface area contributed by atoms with Crippen LogP contribution in [0, 0.1) is 0 Å². The van der Waals surface area contributed by atoms with E-state index in [1.165, 1.54) is 0 Å². The van der Waals surface area contributed by atoms with Crippen LogP contribution in [-0.2, 0) is 12.4 Å². The quantitative estimate of drug-likeness (QED) is 0.631. The van der Waals surface area contributed by atoms with Gasteiger partial charge in [0.05, 0.1) is 11.1 Å². The number of hydrogen-bond donors (Lipinski definition) is 0. The average Bonchev–Trinajstić information content (AvgIpc) is 2.28. The lowest BCUT2D eigenvalue weighted by atomic mass is 9.88. The van der Waals surface area contributed by atoms with Gasteiger partial charge in [-0.2, -0.15) is 26.3 Å². The summed E-state index contributed by atoms with van der Waals surface area (Å²) in [5.74, 6) is -0.390. The lowest BCUT2D eigenvalue weighted by Crippen LogP contribution is -2.15. The Kier molecular flexibility index (Phi) is 4.53. The third kappa shape index (κ3) is 3.64. The Morgan fingerprint density at radius 2 is 1.42 bits per heavy atom. The highest BCUT2D eigenvalue weighted by molar-refractivity contribution is 5.37. The molecule has 1 rings (SSSR count). The van der Waals surface area contributed by atoms with E-state index in [0.29, 0.717) is 18.9 Å². The third-order valence-corrected chi connectivity index (χ3v) is 3.11. The second kappa shape index (κ2) is 5.43. The molecule has 1 aromatic rings. The molecule has 19 heavy (non-hydrogen) atoms. The fraction of sp³-hybridized carbons (Fsp3) is 0.538. The lowest BCUT2D eigenvalue weighted by Gasteiger charge is -2.21. The largest absolute Gasteiger partial charge is 0.416 e. The molecule has 0 saturated carbocycles. The minimum absolute atomic E-state index is 0.0644. The zero-order valence-corrected chi connectivity index (χ0v) is 10.5. The van der Waals surface area contributed by atoms with Crippen molar-refractivity contribution in [3.63, 3.8) is 0 Å². The molecule has 1 aromatic carbocycles. The van der Waals surface area contributed by atoms with Crippen LogP contribution in [0.4, 0.5) is 26.3 Å². The summed E-state index contributed by atoms with van der Waals surface area (Å²) in [6, 6.07) is 1.86. The summed E-state index contributed by atoms with van der Waals surface area (Å²) in [7, 11) is 0. The zero-order valence-electron chi connectivity index (χ0n) is 10.5. The summed E-state index contributed by atoms with van der Waals surface area (Å²) in [6.45, 7) is 3.43. The molecule has 0 fully saturated rings. The molecule has 0 heterocycles. The van der Waals surface area contributed by atoms with Gasteiger partial charge in [-0.05, 0) is 36.5 Å². The van der Waals surface area contributed by atoms with Crippen LogP contribution in [0.1, 0.15) is 49.3 Å². The number of benzene rings is 1. The number of alkyl halides is 6. The van der Waals surface area contributed by atoms with Crippen molar-refractivity contribution in [3.05, 3.63) is 34.9 Å². The van der Waals surface area contributed by atoms with Gasteiger partial charge in [0, 0.05) is 0 Å². The van der Waals surface area contributed by atoms with Crippen LogP contribution < -0.4 is 0 Å². The highest BCUT2D eigenvalue weighted by Gasteiger charge is 2.38. The maximum Gasteiger partial charge on any atom is 0.416 e. The monoisotopic (exact) mass is 284 g/mol. The first-order valence-electron chi connectivity index (χ1n) is 5.89. The van der Waals surface area contributed by atoms with Gasteiger partial charge in [-0.3, -0.25) is 0 Å². The predicted octanol–water partition coefficient (Wildman–Crippen LogP) is 5.63. The maximum atomic E-state index is 12.9. The Hall–Kier alpha value is -1.20. The summed E-state index contributed by atoms with van der Waals surface area (Å²) in [5.41, 5.74) is -2.52. The molecule has 0 aliphatic rings. The van der Waals surface area contributed by atoms with Gasteiger partial charge in [0.1, 0.15) is 0 Å². The molecule has 0 aliphatic heterocycles. The van der Waals surface area contributed by atoms with Crippen molar-refractivity contribution in [2.45, 2.75) is 45.0 Å². The van der Waals surface area contributed by atoms with E-state index in [1.807, 2.05) is 0 Å². The van der Waals surface area contributed by atoms with E-state index in [-0.39, 0.29) is 17.5 Å². The van der Waals surface area contributed by atoms with Gasteiger partial charge >= 0.3 is 12.4 Å². The summed E-state index contributed by atoms with van der Waals surface area (Å²) >= 11 is 0. The van der Waals surface area contributed by atoms with Gasteiger partial charge in [0.15, 0.2) is 0 Å². The Balaban J connectivity index is 3.41. The molecule has 0 aromatic heterocycles. The highest BCUT2D eigenvalue weighted by atomic mass is 19.4. The summed E-state index contributed by atoms with van der Waals surface area (Å²) in [5, 5.41) is 0. The number of rotatable bonds is 3. The fourth-order valence-electron chi connectivity index (χ4n) is 2.06. The van der Waals surface area contributed by atoms with Crippen molar-refractivity contribution < 1.29 is 26.3 Å². The van der Waals surface area contributed by atoms with Crippen LogP contribution >= 0.6 is 0 Å². The van der Waals surface area contributed by atoms with Gasteiger partial charge in [0.25, 0.3) is 0 Å².